The number of hydrogen-bond donors (Lipinski definition) is 2. The quantitative estimate of drug-likeness (QED) is 0.822. The highest BCUT2D eigenvalue weighted by molar-refractivity contribution is 6.04. The molecule has 0 atom stereocenters. The summed E-state index contributed by atoms with van der Waals surface area (Å²) in [6.45, 7) is 4.12. The Balaban J connectivity index is 2.25. The highest BCUT2D eigenvalue weighted by Crippen LogP contribution is 2.13. The molecule has 1 heterocycles. The summed E-state index contributed by atoms with van der Waals surface area (Å²) in [7, 11) is 1.79. The minimum atomic E-state index is -0.186. The van der Waals surface area contributed by atoms with Crippen LogP contribution in [0.2, 0.25) is 0 Å². The fourth-order valence-corrected chi connectivity index (χ4v) is 1.96. The lowest BCUT2D eigenvalue weighted by molar-refractivity contribution is 0.102. The molecule has 0 fully saturated rings. The van der Waals surface area contributed by atoms with Crippen LogP contribution in [-0.4, -0.2) is 22.2 Å². The largest absolute Gasteiger partial charge is 0.320 e. The standard InChI is InChI=1S/C16H18N4O/c1-11-6-7-14(10-13(11)5-4-8-17)16(21)18-15-9-12(2)19-20(15)3/h6-7,9-10H,8,17H2,1-3H3,(H,18,21). The number of anilines is 1. The molecule has 0 saturated heterocycles. The fraction of sp³-hybridized carbons (Fsp3) is 0.250. The highest BCUT2D eigenvalue weighted by Gasteiger charge is 2.10. The lowest BCUT2D eigenvalue weighted by atomic mass is 10.0. The molecule has 0 aliphatic heterocycles. The van der Waals surface area contributed by atoms with Gasteiger partial charge in [0.05, 0.1) is 12.2 Å². The summed E-state index contributed by atoms with van der Waals surface area (Å²) in [6, 6.07) is 7.25. The highest BCUT2D eigenvalue weighted by atomic mass is 16.1. The fourth-order valence-electron chi connectivity index (χ4n) is 1.96. The maximum absolute atomic E-state index is 12.3. The number of carbonyl (C=O) groups is 1. The Morgan fingerprint density at radius 1 is 1.38 bits per heavy atom. The molecule has 5 nitrogen and oxygen atoms in total. The number of aryl methyl sites for hydroxylation is 3. The first-order chi connectivity index (χ1) is 10.0. The zero-order valence-electron chi connectivity index (χ0n) is 12.4. The zero-order chi connectivity index (χ0) is 15.4. The van der Waals surface area contributed by atoms with Gasteiger partial charge >= 0.3 is 0 Å². The maximum atomic E-state index is 12.3. The zero-order valence-corrected chi connectivity index (χ0v) is 12.4. The summed E-state index contributed by atoms with van der Waals surface area (Å²) in [5.41, 5.74) is 8.62. The molecule has 108 valence electrons. The second-order valence-corrected chi connectivity index (χ2v) is 4.78. The van der Waals surface area contributed by atoms with Crippen molar-refractivity contribution in [1.82, 2.24) is 9.78 Å². The second kappa shape index (κ2) is 6.25. The first-order valence-electron chi connectivity index (χ1n) is 6.63. The van der Waals surface area contributed by atoms with Gasteiger partial charge in [0.15, 0.2) is 0 Å². The first kappa shape index (κ1) is 14.8. The number of nitrogens with zero attached hydrogens (tertiary/aromatic N) is 2. The van der Waals surface area contributed by atoms with Crippen molar-refractivity contribution in [3.05, 3.63) is 46.6 Å². The van der Waals surface area contributed by atoms with Crippen LogP contribution in [0, 0.1) is 25.7 Å². The van der Waals surface area contributed by atoms with E-state index in [0.717, 1.165) is 16.8 Å². The van der Waals surface area contributed by atoms with Crippen LogP contribution in [-0.2, 0) is 7.05 Å². The van der Waals surface area contributed by atoms with Crippen LogP contribution >= 0.6 is 0 Å². The molecule has 0 bridgehead atoms. The van der Waals surface area contributed by atoms with E-state index >= 15 is 0 Å². The minimum Gasteiger partial charge on any atom is -0.320 e. The molecule has 5 heteroatoms. The van der Waals surface area contributed by atoms with Gasteiger partial charge in [0.1, 0.15) is 5.82 Å². The number of nitrogens with two attached hydrogens (primary N) is 1. The van der Waals surface area contributed by atoms with E-state index in [2.05, 4.69) is 22.3 Å². The summed E-state index contributed by atoms with van der Waals surface area (Å²) in [5.74, 6) is 6.25. The minimum absolute atomic E-state index is 0.186. The molecule has 2 rings (SSSR count). The van der Waals surface area contributed by atoms with Crippen molar-refractivity contribution in [2.75, 3.05) is 11.9 Å². The topological polar surface area (TPSA) is 72.9 Å². The number of hydrogen-bond acceptors (Lipinski definition) is 3. The Labute approximate surface area is 124 Å². The number of nitrogens with one attached hydrogen (secondary N) is 1. The Bertz CT molecular complexity index is 734. The van der Waals surface area contributed by atoms with Gasteiger partial charge in [-0.05, 0) is 31.5 Å². The predicted octanol–water partition coefficient (Wildman–Crippen LogP) is 1.60. The number of amides is 1. The Morgan fingerprint density at radius 2 is 2.14 bits per heavy atom. The predicted molar refractivity (Wildman–Crippen MR) is 83.0 cm³/mol. The van der Waals surface area contributed by atoms with Crippen molar-refractivity contribution in [3.8, 4) is 11.8 Å². The van der Waals surface area contributed by atoms with Crippen molar-refractivity contribution in [2.24, 2.45) is 12.8 Å². The van der Waals surface area contributed by atoms with Crippen molar-refractivity contribution in [3.63, 3.8) is 0 Å². The van der Waals surface area contributed by atoms with Gasteiger partial charge < -0.3 is 11.1 Å². The average molecular weight is 282 g/mol. The van der Waals surface area contributed by atoms with Crippen LogP contribution < -0.4 is 11.1 Å². The average Bonchev–Trinajstić information content (AvgIpc) is 2.76. The Hall–Kier alpha value is -2.58. The molecule has 3 N–H and O–H groups in total. The summed E-state index contributed by atoms with van der Waals surface area (Å²) < 4.78 is 1.64. The lowest BCUT2D eigenvalue weighted by Gasteiger charge is -2.06. The molecular formula is C16H18N4O. The van der Waals surface area contributed by atoms with Crippen molar-refractivity contribution in [2.45, 2.75) is 13.8 Å². The van der Waals surface area contributed by atoms with Crippen LogP contribution in [0.25, 0.3) is 0 Å². The van der Waals surface area contributed by atoms with E-state index in [1.807, 2.05) is 26.0 Å². The molecule has 0 unspecified atom stereocenters. The number of rotatable bonds is 2. The van der Waals surface area contributed by atoms with E-state index in [0.29, 0.717) is 17.9 Å². The monoisotopic (exact) mass is 282 g/mol. The third kappa shape index (κ3) is 3.50. The van der Waals surface area contributed by atoms with Crippen LogP contribution in [0.15, 0.2) is 24.3 Å². The van der Waals surface area contributed by atoms with Crippen LogP contribution in [0.1, 0.15) is 27.2 Å². The molecule has 0 aliphatic rings. The van der Waals surface area contributed by atoms with Gasteiger partial charge in [0.25, 0.3) is 5.91 Å². The summed E-state index contributed by atoms with van der Waals surface area (Å²) in [5, 5.41) is 7.03. The lowest BCUT2D eigenvalue weighted by Crippen LogP contribution is -2.14. The molecular weight excluding hydrogens is 264 g/mol. The van der Waals surface area contributed by atoms with Crippen LogP contribution in [0.3, 0.4) is 0 Å². The number of carbonyl (C=O) groups excluding carboxylic acids is 1. The van der Waals surface area contributed by atoms with E-state index < -0.39 is 0 Å². The Morgan fingerprint density at radius 3 is 2.76 bits per heavy atom. The van der Waals surface area contributed by atoms with Gasteiger partial charge in [-0.25, -0.2) is 0 Å². The van der Waals surface area contributed by atoms with Gasteiger partial charge in [-0.1, -0.05) is 17.9 Å². The molecule has 0 saturated carbocycles. The molecule has 1 aromatic carbocycles. The number of benzene rings is 1. The van der Waals surface area contributed by atoms with E-state index in [1.54, 1.807) is 23.9 Å². The summed E-state index contributed by atoms with van der Waals surface area (Å²) >= 11 is 0. The molecule has 21 heavy (non-hydrogen) atoms. The molecule has 1 aromatic heterocycles. The van der Waals surface area contributed by atoms with E-state index in [-0.39, 0.29) is 5.91 Å². The van der Waals surface area contributed by atoms with Crippen LogP contribution in [0.4, 0.5) is 5.82 Å². The smallest absolute Gasteiger partial charge is 0.256 e. The van der Waals surface area contributed by atoms with Crippen molar-refractivity contribution >= 4 is 11.7 Å². The molecule has 0 aliphatic carbocycles. The second-order valence-electron chi connectivity index (χ2n) is 4.78. The van der Waals surface area contributed by atoms with Gasteiger partial charge in [0.2, 0.25) is 0 Å². The van der Waals surface area contributed by atoms with Crippen LogP contribution in [0.5, 0.6) is 0 Å². The van der Waals surface area contributed by atoms with Crippen molar-refractivity contribution < 1.29 is 4.79 Å². The summed E-state index contributed by atoms with van der Waals surface area (Å²) in [6.07, 6.45) is 0. The normalized spacial score (nSPS) is 9.90. The van der Waals surface area contributed by atoms with Crippen molar-refractivity contribution in [1.29, 1.82) is 0 Å². The van der Waals surface area contributed by atoms with Gasteiger partial charge in [-0.15, -0.1) is 0 Å². The van der Waals surface area contributed by atoms with E-state index in [1.165, 1.54) is 0 Å². The molecule has 2 aromatic rings. The van der Waals surface area contributed by atoms with Gasteiger partial charge in [0, 0.05) is 24.2 Å². The first-order valence-corrected chi connectivity index (χ1v) is 6.63. The molecule has 1 amide bonds. The summed E-state index contributed by atoms with van der Waals surface area (Å²) in [4.78, 5) is 12.3. The molecule has 0 radical (unpaired) electrons. The van der Waals surface area contributed by atoms with E-state index in [4.69, 9.17) is 5.73 Å². The third-order valence-corrected chi connectivity index (χ3v) is 3.07. The van der Waals surface area contributed by atoms with Gasteiger partial charge in [-0.3, -0.25) is 9.48 Å². The SMILES string of the molecule is Cc1cc(NC(=O)c2ccc(C)c(C#CCN)c2)n(C)n1. The number of aromatic nitrogens is 2. The Kier molecular flexibility index (Phi) is 4.41. The molecule has 0 spiro atoms. The maximum Gasteiger partial charge on any atom is 0.256 e. The van der Waals surface area contributed by atoms with E-state index in [9.17, 15) is 4.79 Å². The van der Waals surface area contributed by atoms with Gasteiger partial charge in [-0.2, -0.15) is 5.10 Å². The third-order valence-electron chi connectivity index (χ3n) is 3.07.